The summed E-state index contributed by atoms with van der Waals surface area (Å²) in [6.45, 7) is 5.48. The highest BCUT2D eigenvalue weighted by atomic mass is 16.2. The number of piperidine rings is 1. The van der Waals surface area contributed by atoms with Crippen LogP contribution < -0.4 is 0 Å². The number of hydrogen-bond donors (Lipinski definition) is 1. The Kier molecular flexibility index (Phi) is 6.02. The van der Waals surface area contributed by atoms with Crippen LogP contribution in [0, 0.1) is 24.7 Å². The second-order valence-corrected chi connectivity index (χ2v) is 9.13. The largest absolute Gasteiger partial charge is 0.342 e. The molecule has 2 atom stereocenters. The van der Waals surface area contributed by atoms with Crippen LogP contribution in [0.25, 0.3) is 0 Å². The monoisotopic (exact) mass is 386 g/mol. The number of rotatable bonds is 4. The molecular formula is C22H34N4O2. The molecule has 1 aromatic rings. The standard InChI is InChI=1S/C22H34N4O2/c1-16-12-20(24-23-16)13-21(27)25-11-9-19(14-25)18-8-5-10-26(15-18)22(28)17-6-3-2-4-7-17/h12,17-19H,2-11,13-15H2,1H3,(H,23,24). The van der Waals surface area contributed by atoms with E-state index in [0.717, 1.165) is 63.3 Å². The van der Waals surface area contributed by atoms with Crippen molar-refractivity contribution in [1.82, 2.24) is 20.0 Å². The second-order valence-electron chi connectivity index (χ2n) is 9.13. The molecule has 3 heterocycles. The van der Waals surface area contributed by atoms with E-state index in [0.29, 0.717) is 24.2 Å². The lowest BCUT2D eigenvalue weighted by molar-refractivity contribution is -0.139. The maximum atomic E-state index is 12.9. The molecule has 1 aromatic heterocycles. The van der Waals surface area contributed by atoms with Crippen LogP contribution in [-0.2, 0) is 16.0 Å². The predicted molar refractivity (Wildman–Crippen MR) is 108 cm³/mol. The fourth-order valence-electron chi connectivity index (χ4n) is 5.43. The van der Waals surface area contributed by atoms with Crippen molar-refractivity contribution in [3.05, 3.63) is 17.5 Å². The smallest absolute Gasteiger partial charge is 0.228 e. The minimum absolute atomic E-state index is 0.181. The van der Waals surface area contributed by atoms with Gasteiger partial charge >= 0.3 is 0 Å². The molecule has 6 heteroatoms. The molecule has 3 aliphatic rings. The summed E-state index contributed by atoms with van der Waals surface area (Å²) in [5.74, 6) is 1.94. The first-order chi connectivity index (χ1) is 13.6. The zero-order chi connectivity index (χ0) is 19.5. The second kappa shape index (κ2) is 8.66. The van der Waals surface area contributed by atoms with Crippen molar-refractivity contribution >= 4 is 11.8 Å². The minimum atomic E-state index is 0.181. The van der Waals surface area contributed by atoms with Gasteiger partial charge in [-0.05, 0) is 56.9 Å². The summed E-state index contributed by atoms with van der Waals surface area (Å²) in [4.78, 5) is 29.7. The van der Waals surface area contributed by atoms with Crippen LogP contribution in [0.2, 0.25) is 0 Å². The minimum Gasteiger partial charge on any atom is -0.342 e. The number of carbonyl (C=O) groups excluding carboxylic acids is 2. The van der Waals surface area contributed by atoms with Gasteiger partial charge in [-0.25, -0.2) is 0 Å². The number of hydrogen-bond acceptors (Lipinski definition) is 3. The fraction of sp³-hybridized carbons (Fsp3) is 0.773. The molecule has 1 aliphatic carbocycles. The van der Waals surface area contributed by atoms with Gasteiger partial charge in [-0.3, -0.25) is 14.7 Å². The number of carbonyl (C=O) groups is 2. The van der Waals surface area contributed by atoms with Gasteiger partial charge in [0.15, 0.2) is 0 Å². The SMILES string of the molecule is Cc1cc(CC(=O)N2CCC(C3CCCN(C(=O)C4CCCCC4)C3)C2)n[nH]1. The van der Waals surface area contributed by atoms with Crippen LogP contribution in [0.3, 0.4) is 0 Å². The molecule has 4 rings (SSSR count). The maximum absolute atomic E-state index is 12.9. The number of amides is 2. The Hall–Kier alpha value is -1.85. The Bertz CT molecular complexity index is 694. The molecule has 2 unspecified atom stereocenters. The van der Waals surface area contributed by atoms with Crippen molar-refractivity contribution in [2.24, 2.45) is 17.8 Å². The van der Waals surface area contributed by atoms with E-state index in [9.17, 15) is 9.59 Å². The van der Waals surface area contributed by atoms with Gasteiger partial charge in [0.1, 0.15) is 0 Å². The molecule has 2 amide bonds. The van der Waals surface area contributed by atoms with Crippen molar-refractivity contribution in [3.8, 4) is 0 Å². The van der Waals surface area contributed by atoms with Gasteiger partial charge in [0.05, 0.1) is 12.1 Å². The van der Waals surface area contributed by atoms with Crippen molar-refractivity contribution < 1.29 is 9.59 Å². The number of aromatic amines is 1. The van der Waals surface area contributed by atoms with E-state index in [2.05, 4.69) is 15.1 Å². The van der Waals surface area contributed by atoms with Gasteiger partial charge in [-0.15, -0.1) is 0 Å². The average molecular weight is 387 g/mol. The summed E-state index contributed by atoms with van der Waals surface area (Å²) < 4.78 is 0. The van der Waals surface area contributed by atoms with Crippen LogP contribution in [-0.4, -0.2) is 58.0 Å². The summed E-state index contributed by atoms with van der Waals surface area (Å²) in [5.41, 5.74) is 1.82. The third-order valence-corrected chi connectivity index (χ3v) is 7.06. The first-order valence-corrected chi connectivity index (χ1v) is 11.2. The molecule has 154 valence electrons. The van der Waals surface area contributed by atoms with Gasteiger partial charge in [0.2, 0.25) is 11.8 Å². The molecule has 6 nitrogen and oxygen atoms in total. The summed E-state index contributed by atoms with van der Waals surface area (Å²) in [6.07, 6.45) is 9.63. The molecule has 28 heavy (non-hydrogen) atoms. The van der Waals surface area contributed by atoms with Crippen LogP contribution in [0.4, 0.5) is 0 Å². The first-order valence-electron chi connectivity index (χ1n) is 11.2. The number of H-pyrrole nitrogens is 1. The van der Waals surface area contributed by atoms with Crippen molar-refractivity contribution in [3.63, 3.8) is 0 Å². The molecule has 0 bridgehead atoms. The third kappa shape index (κ3) is 4.41. The molecule has 3 fully saturated rings. The maximum Gasteiger partial charge on any atom is 0.228 e. The average Bonchev–Trinajstić information content (AvgIpc) is 3.37. The molecule has 2 aliphatic heterocycles. The number of nitrogens with one attached hydrogen (secondary N) is 1. The predicted octanol–water partition coefficient (Wildman–Crippen LogP) is 2.93. The Balaban J connectivity index is 1.29. The van der Waals surface area contributed by atoms with E-state index >= 15 is 0 Å². The molecule has 1 N–H and O–H groups in total. The lowest BCUT2D eigenvalue weighted by Gasteiger charge is -2.38. The van der Waals surface area contributed by atoms with Crippen molar-refractivity contribution in [2.75, 3.05) is 26.2 Å². The zero-order valence-corrected chi connectivity index (χ0v) is 17.2. The van der Waals surface area contributed by atoms with E-state index in [1.54, 1.807) is 0 Å². The van der Waals surface area contributed by atoms with Crippen molar-refractivity contribution in [2.45, 2.75) is 64.7 Å². The van der Waals surface area contributed by atoms with E-state index in [1.807, 2.05) is 17.9 Å². The van der Waals surface area contributed by atoms with E-state index in [4.69, 9.17) is 0 Å². The van der Waals surface area contributed by atoms with Crippen LogP contribution in [0.1, 0.15) is 62.8 Å². The molecular weight excluding hydrogens is 352 g/mol. The molecule has 0 radical (unpaired) electrons. The number of nitrogens with zero attached hydrogens (tertiary/aromatic N) is 3. The van der Waals surface area contributed by atoms with E-state index in [-0.39, 0.29) is 11.8 Å². The quantitative estimate of drug-likeness (QED) is 0.865. The Morgan fingerprint density at radius 1 is 1.00 bits per heavy atom. The molecule has 0 spiro atoms. The van der Waals surface area contributed by atoms with Crippen LogP contribution in [0.5, 0.6) is 0 Å². The van der Waals surface area contributed by atoms with Gasteiger partial charge in [0.25, 0.3) is 0 Å². The van der Waals surface area contributed by atoms with Gasteiger partial charge in [0, 0.05) is 37.8 Å². The van der Waals surface area contributed by atoms with Crippen LogP contribution in [0.15, 0.2) is 6.07 Å². The van der Waals surface area contributed by atoms with E-state index < -0.39 is 0 Å². The lowest BCUT2D eigenvalue weighted by Crippen LogP contribution is -2.45. The molecule has 0 aromatic carbocycles. The van der Waals surface area contributed by atoms with Gasteiger partial charge < -0.3 is 9.80 Å². The highest BCUT2D eigenvalue weighted by molar-refractivity contribution is 5.79. The summed E-state index contributed by atoms with van der Waals surface area (Å²) >= 11 is 0. The lowest BCUT2D eigenvalue weighted by atomic mass is 9.83. The number of aromatic nitrogens is 2. The Morgan fingerprint density at radius 2 is 1.75 bits per heavy atom. The molecule has 1 saturated carbocycles. The highest BCUT2D eigenvalue weighted by Crippen LogP contribution is 2.33. The summed E-state index contributed by atoms with van der Waals surface area (Å²) in [7, 11) is 0. The molecule has 2 saturated heterocycles. The zero-order valence-electron chi connectivity index (χ0n) is 17.2. The third-order valence-electron chi connectivity index (χ3n) is 7.06. The van der Waals surface area contributed by atoms with Gasteiger partial charge in [-0.2, -0.15) is 5.10 Å². The fourth-order valence-corrected chi connectivity index (χ4v) is 5.43. The summed E-state index contributed by atoms with van der Waals surface area (Å²) in [6, 6.07) is 1.95. The summed E-state index contributed by atoms with van der Waals surface area (Å²) in [5, 5.41) is 7.10. The topological polar surface area (TPSA) is 69.3 Å². The van der Waals surface area contributed by atoms with Crippen LogP contribution >= 0.6 is 0 Å². The van der Waals surface area contributed by atoms with E-state index in [1.165, 1.54) is 25.7 Å². The normalized spacial score (nSPS) is 26.6. The number of likely N-dealkylation sites (tertiary alicyclic amines) is 2. The van der Waals surface area contributed by atoms with Crippen molar-refractivity contribution in [1.29, 1.82) is 0 Å². The Labute approximate surface area is 168 Å². The Morgan fingerprint density at radius 3 is 2.50 bits per heavy atom. The number of aryl methyl sites for hydroxylation is 1. The first kappa shape index (κ1) is 19.5. The highest BCUT2D eigenvalue weighted by Gasteiger charge is 2.36. The van der Waals surface area contributed by atoms with Gasteiger partial charge in [-0.1, -0.05) is 19.3 Å².